The van der Waals surface area contributed by atoms with Crippen LogP contribution in [0.5, 0.6) is 0 Å². The molecule has 0 saturated heterocycles. The standard InChI is InChI=1S/C9H10ClFN2O/c10-8-5-6(11)1-2-7(8)9(14)13-4-3-12/h1-2,5H,3-4,12H2,(H,13,14). The van der Waals surface area contributed by atoms with E-state index in [9.17, 15) is 9.18 Å². The second-order valence-electron chi connectivity index (χ2n) is 2.67. The van der Waals surface area contributed by atoms with E-state index in [-0.39, 0.29) is 16.5 Å². The van der Waals surface area contributed by atoms with Gasteiger partial charge in [0.25, 0.3) is 5.91 Å². The van der Waals surface area contributed by atoms with Gasteiger partial charge in [-0.05, 0) is 18.2 Å². The summed E-state index contributed by atoms with van der Waals surface area (Å²) < 4.78 is 12.6. The molecule has 1 aromatic rings. The highest BCUT2D eigenvalue weighted by atomic mass is 35.5. The summed E-state index contributed by atoms with van der Waals surface area (Å²) in [6.45, 7) is 0.719. The van der Waals surface area contributed by atoms with Crippen molar-refractivity contribution in [2.75, 3.05) is 13.1 Å². The van der Waals surface area contributed by atoms with E-state index in [1.54, 1.807) is 0 Å². The number of amides is 1. The van der Waals surface area contributed by atoms with Crippen molar-refractivity contribution < 1.29 is 9.18 Å². The monoisotopic (exact) mass is 216 g/mol. The molecule has 0 fully saturated rings. The second-order valence-corrected chi connectivity index (χ2v) is 3.08. The maximum atomic E-state index is 12.6. The zero-order valence-electron chi connectivity index (χ0n) is 7.39. The van der Waals surface area contributed by atoms with Gasteiger partial charge in [-0.1, -0.05) is 11.6 Å². The Morgan fingerprint density at radius 2 is 2.29 bits per heavy atom. The Morgan fingerprint density at radius 3 is 2.86 bits per heavy atom. The summed E-state index contributed by atoms with van der Waals surface area (Å²) in [5.74, 6) is -0.814. The fraction of sp³-hybridized carbons (Fsp3) is 0.222. The number of nitrogens with two attached hydrogens (primary N) is 1. The molecule has 0 heterocycles. The van der Waals surface area contributed by atoms with Crippen LogP contribution >= 0.6 is 11.6 Å². The molecule has 0 aliphatic carbocycles. The minimum absolute atomic E-state index is 0.0968. The predicted molar refractivity (Wildman–Crippen MR) is 52.8 cm³/mol. The first kappa shape index (κ1) is 10.9. The topological polar surface area (TPSA) is 55.1 Å². The smallest absolute Gasteiger partial charge is 0.252 e. The summed E-state index contributed by atoms with van der Waals surface area (Å²) in [5.41, 5.74) is 5.46. The number of rotatable bonds is 3. The van der Waals surface area contributed by atoms with Crippen LogP contribution in [-0.4, -0.2) is 19.0 Å². The van der Waals surface area contributed by atoms with Gasteiger partial charge in [-0.2, -0.15) is 0 Å². The van der Waals surface area contributed by atoms with Crippen LogP contribution in [-0.2, 0) is 0 Å². The average molecular weight is 217 g/mol. The fourth-order valence-electron chi connectivity index (χ4n) is 0.955. The molecule has 3 nitrogen and oxygen atoms in total. The lowest BCUT2D eigenvalue weighted by Gasteiger charge is -2.04. The van der Waals surface area contributed by atoms with Gasteiger partial charge in [0.2, 0.25) is 0 Å². The highest BCUT2D eigenvalue weighted by Gasteiger charge is 2.09. The third-order valence-electron chi connectivity index (χ3n) is 1.61. The molecule has 0 aliphatic rings. The normalized spacial score (nSPS) is 9.93. The zero-order chi connectivity index (χ0) is 10.6. The van der Waals surface area contributed by atoms with Crippen LogP contribution in [0.15, 0.2) is 18.2 Å². The molecule has 0 unspecified atom stereocenters. The first-order valence-corrected chi connectivity index (χ1v) is 4.46. The lowest BCUT2D eigenvalue weighted by molar-refractivity contribution is 0.0955. The zero-order valence-corrected chi connectivity index (χ0v) is 8.14. The van der Waals surface area contributed by atoms with Crippen molar-refractivity contribution in [2.45, 2.75) is 0 Å². The minimum atomic E-state index is -0.467. The fourth-order valence-corrected chi connectivity index (χ4v) is 1.21. The number of benzene rings is 1. The first-order valence-electron chi connectivity index (χ1n) is 4.08. The van der Waals surface area contributed by atoms with Gasteiger partial charge in [-0.15, -0.1) is 0 Å². The highest BCUT2D eigenvalue weighted by Crippen LogP contribution is 2.16. The number of hydrogen-bond donors (Lipinski definition) is 2. The number of hydrogen-bond acceptors (Lipinski definition) is 2. The van der Waals surface area contributed by atoms with Crippen LogP contribution in [0.1, 0.15) is 10.4 Å². The largest absolute Gasteiger partial charge is 0.351 e. The molecule has 0 aliphatic heterocycles. The summed E-state index contributed by atoms with van der Waals surface area (Å²) in [7, 11) is 0. The number of halogens is 2. The number of nitrogens with one attached hydrogen (secondary N) is 1. The summed E-state index contributed by atoms with van der Waals surface area (Å²) in [6, 6.07) is 3.62. The third-order valence-corrected chi connectivity index (χ3v) is 1.92. The Labute approximate surface area is 86.0 Å². The number of carbonyl (C=O) groups is 1. The van der Waals surface area contributed by atoms with Gasteiger partial charge in [-0.25, -0.2) is 4.39 Å². The quantitative estimate of drug-likeness (QED) is 0.797. The van der Waals surface area contributed by atoms with Gasteiger partial charge in [-0.3, -0.25) is 4.79 Å². The maximum absolute atomic E-state index is 12.6. The van der Waals surface area contributed by atoms with E-state index < -0.39 is 5.82 Å². The van der Waals surface area contributed by atoms with Gasteiger partial charge in [0, 0.05) is 13.1 Å². The molecular formula is C9H10ClFN2O. The Kier molecular flexibility index (Phi) is 3.85. The third kappa shape index (κ3) is 2.68. The van der Waals surface area contributed by atoms with E-state index in [1.807, 2.05) is 0 Å². The Balaban J connectivity index is 2.80. The molecule has 0 atom stereocenters. The first-order chi connectivity index (χ1) is 6.65. The van der Waals surface area contributed by atoms with E-state index in [2.05, 4.69) is 5.32 Å². The minimum Gasteiger partial charge on any atom is -0.351 e. The van der Waals surface area contributed by atoms with Gasteiger partial charge >= 0.3 is 0 Å². The summed E-state index contributed by atoms with van der Waals surface area (Å²) in [4.78, 5) is 11.4. The molecular weight excluding hydrogens is 207 g/mol. The van der Waals surface area contributed by atoms with Crippen LogP contribution in [0.4, 0.5) is 4.39 Å². The van der Waals surface area contributed by atoms with Crippen molar-refractivity contribution in [3.8, 4) is 0 Å². The maximum Gasteiger partial charge on any atom is 0.252 e. The van der Waals surface area contributed by atoms with Gasteiger partial charge < -0.3 is 11.1 Å². The molecule has 1 aromatic carbocycles. The molecule has 0 saturated carbocycles. The van der Waals surface area contributed by atoms with Gasteiger partial charge in [0.15, 0.2) is 0 Å². The predicted octanol–water partition coefficient (Wildman–Crippen LogP) is 1.17. The molecule has 1 rings (SSSR count). The summed E-state index contributed by atoms with van der Waals surface area (Å²) in [5, 5.41) is 2.63. The molecule has 0 radical (unpaired) electrons. The molecule has 3 N–H and O–H groups in total. The van der Waals surface area contributed by atoms with Gasteiger partial charge in [0.05, 0.1) is 10.6 Å². The second kappa shape index (κ2) is 4.93. The summed E-state index contributed by atoms with van der Waals surface area (Å²) in [6.07, 6.45) is 0. The van der Waals surface area contributed by atoms with Gasteiger partial charge in [0.1, 0.15) is 5.82 Å². The van der Waals surface area contributed by atoms with Crippen LogP contribution in [0.2, 0.25) is 5.02 Å². The average Bonchev–Trinajstić information content (AvgIpc) is 2.14. The molecule has 0 aromatic heterocycles. The van der Waals surface area contributed by atoms with E-state index >= 15 is 0 Å². The molecule has 14 heavy (non-hydrogen) atoms. The van der Waals surface area contributed by atoms with E-state index in [1.165, 1.54) is 12.1 Å². The van der Waals surface area contributed by atoms with E-state index in [4.69, 9.17) is 17.3 Å². The SMILES string of the molecule is NCCNC(=O)c1ccc(F)cc1Cl. The number of carbonyl (C=O) groups excluding carboxylic acids is 1. The van der Waals surface area contributed by atoms with Crippen molar-refractivity contribution in [3.05, 3.63) is 34.6 Å². The molecule has 0 spiro atoms. The van der Waals surface area contributed by atoms with Crippen molar-refractivity contribution in [3.63, 3.8) is 0 Å². The highest BCUT2D eigenvalue weighted by molar-refractivity contribution is 6.33. The lowest BCUT2D eigenvalue weighted by Crippen LogP contribution is -2.29. The van der Waals surface area contributed by atoms with Crippen LogP contribution in [0.3, 0.4) is 0 Å². The van der Waals surface area contributed by atoms with Crippen molar-refractivity contribution in [1.82, 2.24) is 5.32 Å². The Morgan fingerprint density at radius 1 is 1.57 bits per heavy atom. The molecule has 5 heteroatoms. The molecule has 1 amide bonds. The lowest BCUT2D eigenvalue weighted by atomic mass is 10.2. The summed E-state index contributed by atoms with van der Waals surface area (Å²) >= 11 is 5.67. The van der Waals surface area contributed by atoms with Crippen LogP contribution in [0, 0.1) is 5.82 Å². The van der Waals surface area contributed by atoms with Crippen molar-refractivity contribution in [1.29, 1.82) is 0 Å². The van der Waals surface area contributed by atoms with Crippen LogP contribution < -0.4 is 11.1 Å². The van der Waals surface area contributed by atoms with Crippen LogP contribution in [0.25, 0.3) is 0 Å². The molecule has 76 valence electrons. The Hall–Kier alpha value is -1.13. The van der Waals surface area contributed by atoms with Crippen molar-refractivity contribution >= 4 is 17.5 Å². The Bertz CT molecular complexity index is 344. The molecule has 0 bridgehead atoms. The van der Waals surface area contributed by atoms with E-state index in [0.29, 0.717) is 13.1 Å². The van der Waals surface area contributed by atoms with Crippen molar-refractivity contribution in [2.24, 2.45) is 5.73 Å². The van der Waals surface area contributed by atoms with E-state index in [0.717, 1.165) is 6.07 Å².